The molecule has 1 aromatic heterocycles. The van der Waals surface area contributed by atoms with Gasteiger partial charge in [0.1, 0.15) is 23.4 Å². The molecule has 0 bridgehead atoms. The molecule has 0 saturated heterocycles. The number of rotatable bonds is 5. The van der Waals surface area contributed by atoms with Crippen LogP contribution in [-0.4, -0.2) is 28.5 Å². The molecule has 1 aliphatic heterocycles. The van der Waals surface area contributed by atoms with Crippen molar-refractivity contribution in [3.63, 3.8) is 0 Å². The summed E-state index contributed by atoms with van der Waals surface area (Å²) >= 11 is 0. The van der Waals surface area contributed by atoms with Crippen molar-refractivity contribution in [1.29, 1.82) is 5.26 Å². The molecule has 0 spiro atoms. The van der Waals surface area contributed by atoms with E-state index in [0.717, 1.165) is 5.56 Å². The van der Waals surface area contributed by atoms with Crippen LogP contribution in [0.3, 0.4) is 0 Å². The smallest absolute Gasteiger partial charge is 0.295 e. The SMILES string of the molecule is COc1cccc2c1OC(C)C(/C=C(/C#N)C(=O)Nc1c(C)n(C)n(-c3ccccc3)c1=O)=C2. The van der Waals surface area contributed by atoms with Gasteiger partial charge >= 0.3 is 0 Å². The molecule has 0 aliphatic carbocycles. The largest absolute Gasteiger partial charge is 0.493 e. The van der Waals surface area contributed by atoms with E-state index in [4.69, 9.17) is 9.47 Å². The van der Waals surface area contributed by atoms with Gasteiger partial charge in [-0.05, 0) is 49.8 Å². The van der Waals surface area contributed by atoms with Gasteiger partial charge in [0.05, 0.1) is 18.5 Å². The number of fused-ring (bicyclic) bond motifs is 1. The number of anilines is 1. The number of nitrogens with one attached hydrogen (secondary N) is 1. The third-order valence-corrected chi connectivity index (χ3v) is 5.78. The first-order chi connectivity index (χ1) is 16.3. The maximum absolute atomic E-state index is 13.1. The molecule has 1 unspecified atom stereocenters. The van der Waals surface area contributed by atoms with Gasteiger partial charge in [0, 0.05) is 12.6 Å². The number of para-hydroxylation sites is 2. The highest BCUT2D eigenvalue weighted by Crippen LogP contribution is 2.38. The molecule has 1 N–H and O–H groups in total. The first kappa shape index (κ1) is 22.7. The number of aromatic nitrogens is 2. The maximum Gasteiger partial charge on any atom is 0.295 e. The summed E-state index contributed by atoms with van der Waals surface area (Å²) < 4.78 is 14.5. The minimum absolute atomic E-state index is 0.120. The fraction of sp³-hybridized carbons (Fsp3) is 0.192. The molecule has 2 aromatic carbocycles. The Kier molecular flexibility index (Phi) is 6.11. The van der Waals surface area contributed by atoms with Crippen LogP contribution >= 0.6 is 0 Å². The molecule has 34 heavy (non-hydrogen) atoms. The molecule has 0 saturated carbocycles. The van der Waals surface area contributed by atoms with Crippen LogP contribution < -0.4 is 20.3 Å². The van der Waals surface area contributed by atoms with Crippen LogP contribution in [0.25, 0.3) is 11.8 Å². The summed E-state index contributed by atoms with van der Waals surface area (Å²) in [6.07, 6.45) is 2.93. The fourth-order valence-corrected chi connectivity index (χ4v) is 3.84. The molecule has 3 aromatic rings. The lowest BCUT2D eigenvalue weighted by Crippen LogP contribution is -2.24. The van der Waals surface area contributed by atoms with Crippen molar-refractivity contribution in [2.45, 2.75) is 20.0 Å². The van der Waals surface area contributed by atoms with Gasteiger partial charge in [-0.1, -0.05) is 30.3 Å². The molecule has 1 amide bonds. The monoisotopic (exact) mass is 456 g/mol. The van der Waals surface area contributed by atoms with Crippen molar-refractivity contribution >= 4 is 17.7 Å². The fourth-order valence-electron chi connectivity index (χ4n) is 3.84. The first-order valence-electron chi connectivity index (χ1n) is 10.7. The molecule has 0 fully saturated rings. The summed E-state index contributed by atoms with van der Waals surface area (Å²) in [5.41, 5.74) is 2.27. The normalized spacial score (nSPS) is 15.0. The Labute approximate surface area is 196 Å². The van der Waals surface area contributed by atoms with E-state index >= 15 is 0 Å². The molecule has 172 valence electrons. The molecule has 2 heterocycles. The van der Waals surface area contributed by atoms with Crippen LogP contribution in [-0.2, 0) is 11.8 Å². The van der Waals surface area contributed by atoms with Gasteiger partial charge < -0.3 is 14.8 Å². The standard InChI is InChI=1S/C26H24N4O4/c1-16-23(26(32)30(29(16)3)21-10-6-5-7-11-21)28-25(31)20(15-27)14-19-13-18-9-8-12-22(33-4)24(18)34-17(19)2/h5-14,17H,1-4H3,(H,28,31)/b20-14-. The summed E-state index contributed by atoms with van der Waals surface area (Å²) in [6.45, 7) is 3.56. The van der Waals surface area contributed by atoms with Crippen LogP contribution in [0, 0.1) is 18.3 Å². The Hall–Kier alpha value is -4.51. The second kappa shape index (κ2) is 9.16. The van der Waals surface area contributed by atoms with Gasteiger partial charge in [-0.2, -0.15) is 5.26 Å². The number of carbonyl (C=O) groups is 1. The van der Waals surface area contributed by atoms with E-state index in [1.807, 2.05) is 49.4 Å². The first-order valence-corrected chi connectivity index (χ1v) is 10.7. The van der Waals surface area contributed by atoms with Gasteiger partial charge in [0.15, 0.2) is 11.5 Å². The number of amides is 1. The van der Waals surface area contributed by atoms with Crippen LogP contribution in [0.15, 0.2) is 70.5 Å². The number of hydrogen-bond acceptors (Lipinski definition) is 5. The maximum atomic E-state index is 13.1. The van der Waals surface area contributed by atoms with Crippen LogP contribution in [0.5, 0.6) is 11.5 Å². The lowest BCUT2D eigenvalue weighted by molar-refractivity contribution is -0.112. The molecule has 8 heteroatoms. The summed E-state index contributed by atoms with van der Waals surface area (Å²) in [7, 11) is 3.30. The van der Waals surface area contributed by atoms with Gasteiger partial charge in [-0.3, -0.25) is 14.3 Å². The molecule has 0 radical (unpaired) electrons. The second-order valence-electron chi connectivity index (χ2n) is 7.84. The Morgan fingerprint density at radius 1 is 1.21 bits per heavy atom. The van der Waals surface area contributed by atoms with Crippen LogP contribution in [0.1, 0.15) is 18.2 Å². The highest BCUT2D eigenvalue weighted by molar-refractivity contribution is 6.07. The number of carbonyl (C=O) groups excluding carboxylic acids is 1. The van der Waals surface area contributed by atoms with E-state index < -0.39 is 12.0 Å². The van der Waals surface area contributed by atoms with Crippen molar-refractivity contribution in [2.24, 2.45) is 7.05 Å². The Morgan fingerprint density at radius 3 is 2.62 bits per heavy atom. The average molecular weight is 457 g/mol. The highest BCUT2D eigenvalue weighted by Gasteiger charge is 2.24. The number of hydrogen-bond donors (Lipinski definition) is 1. The van der Waals surface area contributed by atoms with Crippen LogP contribution in [0.2, 0.25) is 0 Å². The van der Waals surface area contributed by atoms with Crippen molar-refractivity contribution in [3.8, 4) is 23.3 Å². The Balaban J connectivity index is 1.67. The van der Waals surface area contributed by atoms with Crippen molar-refractivity contribution in [3.05, 3.63) is 87.4 Å². The lowest BCUT2D eigenvalue weighted by atomic mass is 10.00. The van der Waals surface area contributed by atoms with E-state index in [9.17, 15) is 14.9 Å². The van der Waals surface area contributed by atoms with Gasteiger partial charge in [-0.15, -0.1) is 0 Å². The quantitative estimate of drug-likeness (QED) is 0.466. The summed E-state index contributed by atoms with van der Waals surface area (Å²) in [6, 6.07) is 16.6. The highest BCUT2D eigenvalue weighted by atomic mass is 16.5. The number of nitrogens with zero attached hydrogens (tertiary/aromatic N) is 3. The van der Waals surface area contributed by atoms with Crippen molar-refractivity contribution < 1.29 is 14.3 Å². The lowest BCUT2D eigenvalue weighted by Gasteiger charge is -2.24. The number of ether oxygens (including phenoxy) is 2. The summed E-state index contributed by atoms with van der Waals surface area (Å²) in [4.78, 5) is 26.1. The average Bonchev–Trinajstić information content (AvgIpc) is 3.05. The predicted octanol–water partition coefficient (Wildman–Crippen LogP) is 3.75. The molecule has 1 aliphatic rings. The van der Waals surface area contributed by atoms with Crippen molar-refractivity contribution in [2.75, 3.05) is 12.4 Å². The predicted molar refractivity (Wildman–Crippen MR) is 129 cm³/mol. The van der Waals surface area contributed by atoms with Gasteiger partial charge in [0.25, 0.3) is 11.5 Å². The molecule has 1 atom stereocenters. The zero-order valence-corrected chi connectivity index (χ0v) is 19.3. The van der Waals surface area contributed by atoms with Crippen LogP contribution in [0.4, 0.5) is 5.69 Å². The molecular formula is C26H24N4O4. The third kappa shape index (κ3) is 3.99. The molecule has 8 nitrogen and oxygen atoms in total. The minimum atomic E-state index is -0.668. The topological polar surface area (TPSA) is 98.3 Å². The number of nitriles is 1. The van der Waals surface area contributed by atoms with E-state index in [1.165, 1.54) is 10.8 Å². The Morgan fingerprint density at radius 2 is 1.94 bits per heavy atom. The van der Waals surface area contributed by atoms with E-state index in [0.29, 0.717) is 28.5 Å². The van der Waals surface area contributed by atoms with Gasteiger partial charge in [0.2, 0.25) is 0 Å². The molecule has 4 rings (SSSR count). The molecular weight excluding hydrogens is 432 g/mol. The van der Waals surface area contributed by atoms with E-state index in [1.54, 1.807) is 44.0 Å². The third-order valence-electron chi connectivity index (χ3n) is 5.78. The summed E-state index contributed by atoms with van der Waals surface area (Å²) in [5, 5.41) is 12.3. The zero-order valence-electron chi connectivity index (χ0n) is 19.3. The number of benzene rings is 2. The van der Waals surface area contributed by atoms with Gasteiger partial charge in [-0.25, -0.2) is 4.68 Å². The summed E-state index contributed by atoms with van der Waals surface area (Å²) in [5.74, 6) is 0.549. The second-order valence-corrected chi connectivity index (χ2v) is 7.84. The minimum Gasteiger partial charge on any atom is -0.493 e. The zero-order chi connectivity index (χ0) is 24.4. The van der Waals surface area contributed by atoms with Crippen molar-refractivity contribution in [1.82, 2.24) is 9.36 Å². The van der Waals surface area contributed by atoms with E-state index in [2.05, 4.69) is 5.32 Å². The Bertz CT molecular complexity index is 1420. The van der Waals surface area contributed by atoms with E-state index in [-0.39, 0.29) is 16.8 Å². The number of methoxy groups -OCH3 is 1.